The summed E-state index contributed by atoms with van der Waals surface area (Å²) in [5.74, 6) is 1.21. The van der Waals surface area contributed by atoms with Gasteiger partial charge < -0.3 is 25.4 Å². The molecule has 4 N–H and O–H groups in total. The molecule has 1 amide bonds. The summed E-state index contributed by atoms with van der Waals surface area (Å²) in [6, 6.07) is 9.30. The van der Waals surface area contributed by atoms with Gasteiger partial charge in [-0.1, -0.05) is 42.5 Å². The lowest BCUT2D eigenvalue weighted by Gasteiger charge is -2.19. The average molecular weight is 444 g/mol. The van der Waals surface area contributed by atoms with Crippen LogP contribution < -0.4 is 10.1 Å². The maximum absolute atomic E-state index is 11.8. The summed E-state index contributed by atoms with van der Waals surface area (Å²) < 4.78 is 5.55. The fourth-order valence-corrected chi connectivity index (χ4v) is 4.14. The molecule has 2 fully saturated rings. The minimum absolute atomic E-state index is 0.0958. The second-order valence-electron chi connectivity index (χ2n) is 9.03. The molecule has 0 radical (unpaired) electrons. The van der Waals surface area contributed by atoms with Gasteiger partial charge in [-0.05, 0) is 56.1 Å². The van der Waals surface area contributed by atoms with E-state index in [0.29, 0.717) is 30.9 Å². The molecule has 2 saturated carbocycles. The van der Waals surface area contributed by atoms with Crippen LogP contribution in [-0.4, -0.2) is 52.7 Å². The first-order valence-corrected chi connectivity index (χ1v) is 11.8. The maximum atomic E-state index is 11.8. The normalized spacial score (nSPS) is 26.6. The van der Waals surface area contributed by atoms with Crippen molar-refractivity contribution in [2.75, 3.05) is 13.2 Å². The number of aliphatic hydroxyl groups is 3. The standard InChI is InChI=1S/C26H37NO5/c28-20(18-32-21-8-4-3-5-9-21)14-15-23-22(24(29)16-25(23)30)10-6-1-2-7-11-26(31)27-17-19-12-13-19/h1,3-6,8-9,14-15,19-20,22-25,28-30H,2,7,10-13,16-18H2,(H,27,31)/t20-,22-,23-,24+,25-/m1/s1. The van der Waals surface area contributed by atoms with Crippen molar-refractivity contribution in [2.45, 2.75) is 63.3 Å². The van der Waals surface area contributed by atoms with Crippen LogP contribution in [0.5, 0.6) is 5.75 Å². The molecule has 0 heterocycles. The van der Waals surface area contributed by atoms with Crippen LogP contribution in [0.25, 0.3) is 0 Å². The first kappa shape index (κ1) is 24.5. The molecule has 1 aromatic rings. The molecule has 32 heavy (non-hydrogen) atoms. The Labute approximate surface area is 191 Å². The van der Waals surface area contributed by atoms with Gasteiger partial charge >= 0.3 is 0 Å². The Hall–Kier alpha value is -2.15. The van der Waals surface area contributed by atoms with Crippen molar-refractivity contribution in [3.63, 3.8) is 0 Å². The Morgan fingerprint density at radius 2 is 1.94 bits per heavy atom. The highest BCUT2D eigenvalue weighted by atomic mass is 16.5. The number of hydrogen-bond donors (Lipinski definition) is 4. The van der Waals surface area contributed by atoms with Crippen molar-refractivity contribution in [3.8, 4) is 5.75 Å². The molecule has 0 spiro atoms. The second kappa shape index (κ2) is 12.8. The molecule has 0 aromatic heterocycles. The number of benzene rings is 1. The lowest BCUT2D eigenvalue weighted by molar-refractivity contribution is -0.121. The van der Waals surface area contributed by atoms with E-state index < -0.39 is 18.3 Å². The van der Waals surface area contributed by atoms with Crippen molar-refractivity contribution < 1.29 is 24.9 Å². The van der Waals surface area contributed by atoms with E-state index in [2.05, 4.69) is 11.4 Å². The Bertz CT molecular complexity index is 746. The van der Waals surface area contributed by atoms with Gasteiger partial charge in [-0.25, -0.2) is 0 Å². The molecule has 5 atom stereocenters. The number of allylic oxidation sites excluding steroid dienone is 2. The predicted molar refractivity (Wildman–Crippen MR) is 124 cm³/mol. The fourth-order valence-electron chi connectivity index (χ4n) is 4.14. The van der Waals surface area contributed by atoms with Gasteiger partial charge in [0.25, 0.3) is 0 Å². The molecular formula is C26H37NO5. The molecule has 2 aliphatic rings. The summed E-state index contributed by atoms with van der Waals surface area (Å²) in [5.41, 5.74) is 0. The summed E-state index contributed by atoms with van der Waals surface area (Å²) in [5, 5.41) is 33.9. The third-order valence-electron chi connectivity index (χ3n) is 6.27. The zero-order valence-electron chi connectivity index (χ0n) is 18.7. The molecule has 6 heteroatoms. The highest BCUT2D eigenvalue weighted by Gasteiger charge is 2.39. The van der Waals surface area contributed by atoms with E-state index in [0.717, 1.165) is 19.4 Å². The van der Waals surface area contributed by atoms with Gasteiger partial charge in [0.15, 0.2) is 0 Å². The van der Waals surface area contributed by atoms with Crippen LogP contribution >= 0.6 is 0 Å². The minimum Gasteiger partial charge on any atom is -0.491 e. The lowest BCUT2D eigenvalue weighted by Crippen LogP contribution is -2.24. The predicted octanol–water partition coefficient (Wildman–Crippen LogP) is 2.98. The van der Waals surface area contributed by atoms with E-state index in [1.165, 1.54) is 12.8 Å². The van der Waals surface area contributed by atoms with Crippen LogP contribution in [0.4, 0.5) is 0 Å². The first-order chi connectivity index (χ1) is 15.5. The number of nitrogens with one attached hydrogen (secondary N) is 1. The number of aliphatic hydroxyl groups excluding tert-OH is 3. The SMILES string of the molecule is O=C(CCCC=CC[C@@H]1[C@@H](C=C[C@@H](O)COc2ccccc2)[C@H](O)C[C@@H]1O)NCC1CC1. The molecule has 0 unspecified atom stereocenters. The van der Waals surface area contributed by atoms with E-state index in [4.69, 9.17) is 4.74 Å². The Kier molecular flexibility index (Phi) is 9.78. The summed E-state index contributed by atoms with van der Waals surface area (Å²) in [7, 11) is 0. The zero-order chi connectivity index (χ0) is 22.8. The number of hydrogen-bond acceptors (Lipinski definition) is 5. The van der Waals surface area contributed by atoms with Gasteiger partial charge in [0.1, 0.15) is 18.5 Å². The van der Waals surface area contributed by atoms with E-state index >= 15 is 0 Å². The molecule has 0 aliphatic heterocycles. The molecule has 2 aliphatic carbocycles. The summed E-state index contributed by atoms with van der Waals surface area (Å²) in [6.45, 7) is 0.948. The van der Waals surface area contributed by atoms with Crippen LogP contribution in [0.3, 0.4) is 0 Å². The third-order valence-corrected chi connectivity index (χ3v) is 6.27. The van der Waals surface area contributed by atoms with Crippen molar-refractivity contribution in [2.24, 2.45) is 17.8 Å². The van der Waals surface area contributed by atoms with Gasteiger partial charge in [0.2, 0.25) is 5.91 Å². The fraction of sp³-hybridized carbons (Fsp3) is 0.577. The smallest absolute Gasteiger partial charge is 0.220 e. The van der Waals surface area contributed by atoms with E-state index in [1.807, 2.05) is 42.5 Å². The number of carbonyl (C=O) groups is 1. The van der Waals surface area contributed by atoms with Crippen LogP contribution in [0.15, 0.2) is 54.6 Å². The van der Waals surface area contributed by atoms with E-state index in [9.17, 15) is 20.1 Å². The van der Waals surface area contributed by atoms with E-state index in [1.54, 1.807) is 6.08 Å². The van der Waals surface area contributed by atoms with Gasteiger partial charge in [-0.2, -0.15) is 0 Å². The van der Waals surface area contributed by atoms with E-state index in [-0.39, 0.29) is 24.3 Å². The number of carbonyl (C=O) groups excluding carboxylic acids is 1. The molecule has 1 aromatic carbocycles. The van der Waals surface area contributed by atoms with Crippen molar-refractivity contribution in [1.29, 1.82) is 0 Å². The number of amides is 1. The van der Waals surface area contributed by atoms with Crippen LogP contribution in [0.1, 0.15) is 44.9 Å². The molecular weight excluding hydrogens is 406 g/mol. The Morgan fingerprint density at radius 3 is 2.69 bits per heavy atom. The van der Waals surface area contributed by atoms with Gasteiger partial charge in [-0.15, -0.1) is 0 Å². The van der Waals surface area contributed by atoms with Crippen LogP contribution in [-0.2, 0) is 4.79 Å². The monoisotopic (exact) mass is 443 g/mol. The Balaban J connectivity index is 1.37. The summed E-state index contributed by atoms with van der Waals surface area (Å²) >= 11 is 0. The third kappa shape index (κ3) is 8.41. The topological polar surface area (TPSA) is 99.0 Å². The highest BCUT2D eigenvalue weighted by Crippen LogP contribution is 2.36. The van der Waals surface area contributed by atoms with Gasteiger partial charge in [0.05, 0.1) is 12.2 Å². The number of para-hydroxylation sites is 1. The second-order valence-corrected chi connectivity index (χ2v) is 9.03. The summed E-state index contributed by atoms with van der Waals surface area (Å²) in [4.78, 5) is 11.8. The minimum atomic E-state index is -0.789. The van der Waals surface area contributed by atoms with Crippen molar-refractivity contribution in [3.05, 3.63) is 54.6 Å². The first-order valence-electron chi connectivity index (χ1n) is 11.8. The van der Waals surface area contributed by atoms with Gasteiger partial charge in [-0.3, -0.25) is 4.79 Å². The molecule has 6 nitrogen and oxygen atoms in total. The van der Waals surface area contributed by atoms with Crippen molar-refractivity contribution >= 4 is 5.91 Å². The Morgan fingerprint density at radius 1 is 1.16 bits per heavy atom. The lowest BCUT2D eigenvalue weighted by atomic mass is 9.89. The molecule has 0 saturated heterocycles. The largest absolute Gasteiger partial charge is 0.491 e. The molecule has 3 rings (SSSR count). The quantitative estimate of drug-likeness (QED) is 0.278. The van der Waals surface area contributed by atoms with Crippen molar-refractivity contribution in [1.82, 2.24) is 5.32 Å². The number of unbranched alkanes of at least 4 members (excludes halogenated alkanes) is 1. The number of rotatable bonds is 13. The highest BCUT2D eigenvalue weighted by molar-refractivity contribution is 5.75. The number of ether oxygens (including phenoxy) is 1. The van der Waals surface area contributed by atoms with Crippen LogP contribution in [0, 0.1) is 17.8 Å². The maximum Gasteiger partial charge on any atom is 0.220 e. The van der Waals surface area contributed by atoms with Crippen LogP contribution in [0.2, 0.25) is 0 Å². The zero-order valence-corrected chi connectivity index (χ0v) is 18.7. The average Bonchev–Trinajstić information content (AvgIpc) is 3.58. The molecule has 0 bridgehead atoms. The van der Waals surface area contributed by atoms with Gasteiger partial charge in [0, 0.05) is 25.3 Å². The summed E-state index contributed by atoms with van der Waals surface area (Å²) in [6.07, 6.45) is 11.2. The molecule has 176 valence electrons.